The monoisotopic (exact) mass is 337 g/mol. The fraction of sp³-hybridized carbons (Fsp3) is 0.278. The zero-order chi connectivity index (χ0) is 18.0. The quantitative estimate of drug-likeness (QED) is 0.709. The maximum Gasteiger partial charge on any atom is 0.225 e. The normalized spacial score (nSPS) is 13.1. The SMILES string of the molecule is CC[C@](C)(O)C#Cc1cc2c(ccn2-c2cc(OC)nc(N)n2)cn1. The molecule has 3 heterocycles. The van der Waals surface area contributed by atoms with Crippen LogP contribution in [0.4, 0.5) is 5.95 Å². The average molecular weight is 337 g/mol. The van der Waals surface area contributed by atoms with E-state index in [0.717, 1.165) is 10.9 Å². The summed E-state index contributed by atoms with van der Waals surface area (Å²) in [6.07, 6.45) is 4.14. The number of hydrogen-bond acceptors (Lipinski definition) is 6. The second-order valence-corrected chi connectivity index (χ2v) is 5.82. The van der Waals surface area contributed by atoms with Crippen molar-refractivity contribution in [2.75, 3.05) is 12.8 Å². The first kappa shape index (κ1) is 16.7. The number of rotatable bonds is 3. The highest BCUT2D eigenvalue weighted by atomic mass is 16.5. The van der Waals surface area contributed by atoms with E-state index >= 15 is 0 Å². The number of pyridine rings is 1. The van der Waals surface area contributed by atoms with Crippen LogP contribution < -0.4 is 10.5 Å². The van der Waals surface area contributed by atoms with Crippen molar-refractivity contribution in [3.05, 3.63) is 36.3 Å². The number of anilines is 1. The van der Waals surface area contributed by atoms with Crippen LogP contribution in [0.3, 0.4) is 0 Å². The lowest BCUT2D eigenvalue weighted by atomic mass is 10.0. The molecule has 0 spiro atoms. The Morgan fingerprint density at radius 2 is 2.16 bits per heavy atom. The molecule has 0 amide bonds. The second-order valence-electron chi connectivity index (χ2n) is 5.82. The van der Waals surface area contributed by atoms with E-state index in [1.165, 1.54) is 7.11 Å². The summed E-state index contributed by atoms with van der Waals surface area (Å²) in [7, 11) is 1.52. The van der Waals surface area contributed by atoms with Crippen molar-refractivity contribution >= 4 is 16.9 Å². The van der Waals surface area contributed by atoms with E-state index in [4.69, 9.17) is 10.5 Å². The van der Waals surface area contributed by atoms with Gasteiger partial charge in [-0.1, -0.05) is 12.8 Å². The van der Waals surface area contributed by atoms with Gasteiger partial charge in [-0.3, -0.25) is 0 Å². The molecule has 25 heavy (non-hydrogen) atoms. The van der Waals surface area contributed by atoms with Crippen LogP contribution in [0.1, 0.15) is 26.0 Å². The molecule has 0 aliphatic rings. The van der Waals surface area contributed by atoms with Crippen LogP contribution >= 0.6 is 0 Å². The lowest BCUT2D eigenvalue weighted by Gasteiger charge is -2.11. The second kappa shape index (κ2) is 6.42. The largest absolute Gasteiger partial charge is 0.481 e. The van der Waals surface area contributed by atoms with Gasteiger partial charge >= 0.3 is 0 Å². The van der Waals surface area contributed by atoms with Crippen molar-refractivity contribution in [3.63, 3.8) is 0 Å². The van der Waals surface area contributed by atoms with Gasteiger partial charge in [0, 0.05) is 23.8 Å². The Kier molecular flexibility index (Phi) is 4.30. The van der Waals surface area contributed by atoms with Crippen molar-refractivity contribution in [2.24, 2.45) is 0 Å². The molecular formula is C18H19N5O2. The van der Waals surface area contributed by atoms with Gasteiger partial charge in [0.15, 0.2) is 0 Å². The molecule has 3 aromatic heterocycles. The molecule has 0 fully saturated rings. The van der Waals surface area contributed by atoms with Gasteiger partial charge in [-0.25, -0.2) is 4.98 Å². The van der Waals surface area contributed by atoms with E-state index in [-0.39, 0.29) is 5.95 Å². The van der Waals surface area contributed by atoms with E-state index in [1.807, 2.05) is 29.8 Å². The van der Waals surface area contributed by atoms with Crippen LogP contribution in [0, 0.1) is 11.8 Å². The molecular weight excluding hydrogens is 318 g/mol. The molecule has 0 saturated carbocycles. The zero-order valence-electron chi connectivity index (χ0n) is 14.3. The fourth-order valence-electron chi connectivity index (χ4n) is 2.24. The van der Waals surface area contributed by atoms with Crippen LogP contribution in [-0.2, 0) is 0 Å². The molecule has 128 valence electrons. The molecule has 1 atom stereocenters. The highest BCUT2D eigenvalue weighted by Gasteiger charge is 2.13. The van der Waals surface area contributed by atoms with Gasteiger partial charge in [-0.2, -0.15) is 9.97 Å². The Morgan fingerprint density at radius 3 is 2.88 bits per heavy atom. The summed E-state index contributed by atoms with van der Waals surface area (Å²) in [4.78, 5) is 12.6. The summed E-state index contributed by atoms with van der Waals surface area (Å²) in [5, 5.41) is 11.0. The Bertz CT molecular complexity index is 982. The summed E-state index contributed by atoms with van der Waals surface area (Å²) in [6.45, 7) is 3.56. The van der Waals surface area contributed by atoms with Gasteiger partial charge in [-0.05, 0) is 31.4 Å². The lowest BCUT2D eigenvalue weighted by molar-refractivity contribution is 0.118. The molecule has 0 aliphatic carbocycles. The van der Waals surface area contributed by atoms with Crippen LogP contribution in [0.2, 0.25) is 0 Å². The highest BCUT2D eigenvalue weighted by molar-refractivity contribution is 5.81. The van der Waals surface area contributed by atoms with Gasteiger partial charge in [0.05, 0.1) is 12.6 Å². The molecule has 3 aromatic rings. The molecule has 3 N–H and O–H groups in total. The minimum atomic E-state index is -1.03. The smallest absolute Gasteiger partial charge is 0.225 e. The average Bonchev–Trinajstić information content (AvgIpc) is 3.02. The molecule has 0 aromatic carbocycles. The summed E-state index contributed by atoms with van der Waals surface area (Å²) in [5.74, 6) is 6.86. The molecule has 7 heteroatoms. The Labute approximate surface area is 145 Å². The van der Waals surface area contributed by atoms with E-state index in [0.29, 0.717) is 23.8 Å². The Morgan fingerprint density at radius 1 is 1.36 bits per heavy atom. The van der Waals surface area contributed by atoms with Crippen molar-refractivity contribution in [2.45, 2.75) is 25.9 Å². The van der Waals surface area contributed by atoms with Crippen LogP contribution in [0.5, 0.6) is 5.88 Å². The molecule has 0 radical (unpaired) electrons. The summed E-state index contributed by atoms with van der Waals surface area (Å²) in [6, 6.07) is 5.47. The number of nitrogen functional groups attached to an aromatic ring is 1. The maximum atomic E-state index is 10.0. The number of nitrogens with zero attached hydrogens (tertiary/aromatic N) is 4. The fourth-order valence-corrected chi connectivity index (χ4v) is 2.24. The van der Waals surface area contributed by atoms with Crippen molar-refractivity contribution in [1.82, 2.24) is 19.5 Å². The number of nitrogens with two attached hydrogens (primary N) is 1. The summed E-state index contributed by atoms with van der Waals surface area (Å²) < 4.78 is 7.01. The number of fused-ring (bicyclic) bond motifs is 1. The molecule has 0 bridgehead atoms. The number of ether oxygens (including phenoxy) is 1. The van der Waals surface area contributed by atoms with Gasteiger partial charge in [0.2, 0.25) is 11.8 Å². The Balaban J connectivity index is 2.09. The molecule has 0 saturated heterocycles. The standard InChI is InChI=1S/C18H19N5O2/c1-4-18(2,24)7-5-13-9-14-12(11-20-13)6-8-23(14)15-10-16(25-3)22-17(19)21-15/h6,8-11,24H,4H2,1-3H3,(H2,19,21,22)/t18-/m0/s1. The summed E-state index contributed by atoms with van der Waals surface area (Å²) >= 11 is 0. The lowest BCUT2D eigenvalue weighted by Crippen LogP contribution is -2.19. The van der Waals surface area contributed by atoms with Gasteiger partial charge in [-0.15, -0.1) is 0 Å². The third kappa shape index (κ3) is 3.54. The van der Waals surface area contributed by atoms with E-state index in [2.05, 4.69) is 26.8 Å². The van der Waals surface area contributed by atoms with Crippen molar-refractivity contribution in [3.8, 4) is 23.5 Å². The first-order valence-corrected chi connectivity index (χ1v) is 7.83. The van der Waals surface area contributed by atoms with Crippen LogP contribution in [0.25, 0.3) is 16.7 Å². The predicted octanol–water partition coefficient (Wildman–Crippen LogP) is 1.92. The minimum absolute atomic E-state index is 0.129. The minimum Gasteiger partial charge on any atom is -0.481 e. The highest BCUT2D eigenvalue weighted by Crippen LogP contribution is 2.22. The third-order valence-corrected chi connectivity index (χ3v) is 3.89. The Hall–Kier alpha value is -3.11. The van der Waals surface area contributed by atoms with E-state index in [9.17, 15) is 5.11 Å². The predicted molar refractivity (Wildman–Crippen MR) is 95.4 cm³/mol. The first-order chi connectivity index (χ1) is 11.9. The van der Waals surface area contributed by atoms with Crippen LogP contribution in [-0.4, -0.2) is 37.3 Å². The number of methoxy groups -OCH3 is 1. The molecule has 3 rings (SSSR count). The number of hydrogen-bond donors (Lipinski definition) is 2. The summed E-state index contributed by atoms with van der Waals surface area (Å²) in [5.41, 5.74) is 6.15. The molecule has 0 aliphatic heterocycles. The zero-order valence-corrected chi connectivity index (χ0v) is 14.3. The van der Waals surface area contributed by atoms with E-state index in [1.54, 1.807) is 19.2 Å². The van der Waals surface area contributed by atoms with Crippen molar-refractivity contribution in [1.29, 1.82) is 0 Å². The van der Waals surface area contributed by atoms with Gasteiger partial charge < -0.3 is 20.1 Å². The molecule has 7 nitrogen and oxygen atoms in total. The molecule has 0 unspecified atom stereocenters. The first-order valence-electron chi connectivity index (χ1n) is 7.83. The number of aliphatic hydroxyl groups is 1. The third-order valence-electron chi connectivity index (χ3n) is 3.89. The topological polar surface area (TPSA) is 99.1 Å². The van der Waals surface area contributed by atoms with Crippen LogP contribution in [0.15, 0.2) is 30.6 Å². The van der Waals surface area contributed by atoms with Crippen molar-refractivity contribution < 1.29 is 9.84 Å². The van der Waals surface area contributed by atoms with Gasteiger partial charge in [0.1, 0.15) is 17.1 Å². The maximum absolute atomic E-state index is 10.0. The number of aromatic nitrogens is 4. The van der Waals surface area contributed by atoms with E-state index < -0.39 is 5.60 Å². The van der Waals surface area contributed by atoms with Gasteiger partial charge in [0.25, 0.3) is 0 Å².